The summed E-state index contributed by atoms with van der Waals surface area (Å²) in [5.74, 6) is 1.46. The Hall–Kier alpha value is -1.46. The number of benzene rings is 1. The van der Waals surface area contributed by atoms with Crippen molar-refractivity contribution in [1.29, 1.82) is 0 Å². The fraction of sp³-hybridized carbons (Fsp3) is 0.562. The number of nitrogens with zero attached hydrogens (tertiary/aromatic N) is 1. The zero-order valence-corrected chi connectivity index (χ0v) is 13.3. The highest BCUT2D eigenvalue weighted by Crippen LogP contribution is 2.38. The van der Waals surface area contributed by atoms with Crippen LogP contribution in [0.15, 0.2) is 12.1 Å². The van der Waals surface area contributed by atoms with Crippen LogP contribution in [0.3, 0.4) is 0 Å². The first kappa shape index (κ1) is 15.4. The maximum Gasteiger partial charge on any atom is 0.254 e. The molecular weight excluding hydrogens is 304 g/mol. The Bertz CT molecular complexity index is 565. The average molecular weight is 325 g/mol. The Balaban J connectivity index is 1.83. The molecule has 1 unspecified atom stereocenters. The van der Waals surface area contributed by atoms with Gasteiger partial charge in [0.25, 0.3) is 5.91 Å². The summed E-state index contributed by atoms with van der Waals surface area (Å²) in [6.45, 7) is 3.23. The van der Waals surface area contributed by atoms with E-state index in [-0.39, 0.29) is 5.91 Å². The van der Waals surface area contributed by atoms with Gasteiger partial charge in [-0.25, -0.2) is 0 Å². The number of piperidine rings is 1. The molecule has 22 heavy (non-hydrogen) atoms. The minimum Gasteiger partial charge on any atom is -0.489 e. The Labute approximate surface area is 135 Å². The second-order valence-corrected chi connectivity index (χ2v) is 6.24. The Morgan fingerprint density at radius 1 is 1.32 bits per heavy atom. The van der Waals surface area contributed by atoms with Crippen molar-refractivity contribution in [2.24, 2.45) is 11.7 Å². The number of carbonyl (C=O) groups excluding carboxylic acids is 1. The number of ether oxygens (including phenoxy) is 2. The van der Waals surface area contributed by atoms with Crippen LogP contribution in [0, 0.1) is 5.92 Å². The minimum atomic E-state index is -0.0179. The van der Waals surface area contributed by atoms with E-state index < -0.39 is 0 Å². The van der Waals surface area contributed by atoms with Crippen molar-refractivity contribution in [3.8, 4) is 11.5 Å². The summed E-state index contributed by atoms with van der Waals surface area (Å²) in [4.78, 5) is 14.6. The van der Waals surface area contributed by atoms with E-state index in [1.165, 1.54) is 0 Å². The largest absolute Gasteiger partial charge is 0.489 e. The third kappa shape index (κ3) is 3.15. The van der Waals surface area contributed by atoms with Crippen molar-refractivity contribution in [2.45, 2.75) is 19.3 Å². The minimum absolute atomic E-state index is 0.0179. The number of carbonyl (C=O) groups is 1. The van der Waals surface area contributed by atoms with E-state index in [0.717, 1.165) is 25.8 Å². The molecule has 0 aliphatic carbocycles. The first-order valence-electron chi connectivity index (χ1n) is 7.77. The van der Waals surface area contributed by atoms with Gasteiger partial charge in [0.05, 0.1) is 18.2 Å². The van der Waals surface area contributed by atoms with Gasteiger partial charge in [-0.2, -0.15) is 0 Å². The zero-order valence-electron chi connectivity index (χ0n) is 12.5. The van der Waals surface area contributed by atoms with Crippen molar-refractivity contribution >= 4 is 17.5 Å². The molecule has 0 bridgehead atoms. The topological polar surface area (TPSA) is 64.8 Å². The predicted octanol–water partition coefficient (Wildman–Crippen LogP) is 2.31. The van der Waals surface area contributed by atoms with Crippen molar-refractivity contribution in [3.63, 3.8) is 0 Å². The number of halogens is 1. The molecule has 6 heteroatoms. The lowest BCUT2D eigenvalue weighted by Gasteiger charge is -2.32. The Morgan fingerprint density at radius 2 is 2.14 bits per heavy atom. The summed E-state index contributed by atoms with van der Waals surface area (Å²) >= 11 is 6.26. The molecule has 1 amide bonds. The van der Waals surface area contributed by atoms with Crippen LogP contribution >= 0.6 is 11.6 Å². The molecule has 2 aliphatic heterocycles. The maximum absolute atomic E-state index is 12.7. The lowest BCUT2D eigenvalue weighted by Crippen LogP contribution is -2.42. The van der Waals surface area contributed by atoms with Crippen LogP contribution < -0.4 is 15.2 Å². The SMILES string of the molecule is NCC1CCCN(C(=O)c2cc(Cl)c3c(c2)OCCCO3)C1. The predicted molar refractivity (Wildman–Crippen MR) is 84.7 cm³/mol. The lowest BCUT2D eigenvalue weighted by atomic mass is 9.97. The first-order valence-corrected chi connectivity index (χ1v) is 8.15. The van der Waals surface area contributed by atoms with E-state index >= 15 is 0 Å². The van der Waals surface area contributed by atoms with Gasteiger partial charge in [-0.05, 0) is 37.4 Å². The summed E-state index contributed by atoms with van der Waals surface area (Å²) in [5, 5.41) is 0.426. The van der Waals surface area contributed by atoms with Gasteiger partial charge in [0.2, 0.25) is 0 Å². The number of fused-ring (bicyclic) bond motifs is 1. The van der Waals surface area contributed by atoms with E-state index in [1.54, 1.807) is 12.1 Å². The molecule has 1 aromatic rings. The molecule has 1 fully saturated rings. The highest BCUT2D eigenvalue weighted by atomic mass is 35.5. The molecule has 3 rings (SSSR count). The van der Waals surface area contributed by atoms with E-state index in [0.29, 0.717) is 54.3 Å². The van der Waals surface area contributed by atoms with Gasteiger partial charge in [-0.15, -0.1) is 0 Å². The molecule has 2 aliphatic rings. The number of hydrogen-bond acceptors (Lipinski definition) is 4. The number of amides is 1. The van der Waals surface area contributed by atoms with Gasteiger partial charge in [0.15, 0.2) is 11.5 Å². The molecule has 5 nitrogen and oxygen atoms in total. The lowest BCUT2D eigenvalue weighted by molar-refractivity contribution is 0.0677. The molecule has 2 N–H and O–H groups in total. The quantitative estimate of drug-likeness (QED) is 0.906. The molecule has 2 heterocycles. The van der Waals surface area contributed by atoms with Gasteiger partial charge < -0.3 is 20.1 Å². The fourth-order valence-corrected chi connectivity index (χ4v) is 3.24. The van der Waals surface area contributed by atoms with Gasteiger partial charge >= 0.3 is 0 Å². The summed E-state index contributed by atoms with van der Waals surface area (Å²) in [7, 11) is 0. The number of nitrogens with two attached hydrogens (primary N) is 1. The zero-order chi connectivity index (χ0) is 15.5. The highest BCUT2D eigenvalue weighted by Gasteiger charge is 2.26. The molecule has 0 spiro atoms. The van der Waals surface area contributed by atoms with E-state index in [4.69, 9.17) is 26.8 Å². The third-order valence-electron chi connectivity index (χ3n) is 4.19. The van der Waals surface area contributed by atoms with Crippen molar-refractivity contribution < 1.29 is 14.3 Å². The van der Waals surface area contributed by atoms with Crippen LogP contribution in [0.4, 0.5) is 0 Å². The molecule has 1 saturated heterocycles. The second kappa shape index (κ2) is 6.75. The first-order chi connectivity index (χ1) is 10.7. The van der Waals surface area contributed by atoms with Crippen molar-refractivity contribution in [2.75, 3.05) is 32.8 Å². The monoisotopic (exact) mass is 324 g/mol. The van der Waals surface area contributed by atoms with Gasteiger partial charge in [-0.1, -0.05) is 11.6 Å². The summed E-state index contributed by atoms with van der Waals surface area (Å²) in [6.07, 6.45) is 2.88. The van der Waals surface area contributed by atoms with Gasteiger partial charge in [0.1, 0.15) is 0 Å². The molecule has 1 aromatic carbocycles. The second-order valence-electron chi connectivity index (χ2n) is 5.83. The van der Waals surface area contributed by atoms with E-state index in [1.807, 2.05) is 4.90 Å². The smallest absolute Gasteiger partial charge is 0.254 e. The van der Waals surface area contributed by atoms with Gasteiger partial charge in [-0.3, -0.25) is 4.79 Å². The summed E-state index contributed by atoms with van der Waals surface area (Å²) in [5.41, 5.74) is 6.29. The highest BCUT2D eigenvalue weighted by molar-refractivity contribution is 6.32. The fourth-order valence-electron chi connectivity index (χ4n) is 2.98. The normalized spacial score (nSPS) is 21.4. The van der Waals surface area contributed by atoms with Crippen LogP contribution in [0.5, 0.6) is 11.5 Å². The average Bonchev–Trinajstić information content (AvgIpc) is 2.80. The maximum atomic E-state index is 12.7. The van der Waals surface area contributed by atoms with Crippen molar-refractivity contribution in [3.05, 3.63) is 22.7 Å². The third-order valence-corrected chi connectivity index (χ3v) is 4.47. The molecule has 120 valence electrons. The Morgan fingerprint density at radius 3 is 2.95 bits per heavy atom. The van der Waals surface area contributed by atoms with Crippen molar-refractivity contribution in [1.82, 2.24) is 4.90 Å². The number of rotatable bonds is 2. The van der Waals surface area contributed by atoms with Crippen LogP contribution in [0.2, 0.25) is 5.02 Å². The molecule has 0 radical (unpaired) electrons. The molecule has 0 saturated carbocycles. The van der Waals surface area contributed by atoms with Crippen LogP contribution in [-0.2, 0) is 0 Å². The van der Waals surface area contributed by atoms with E-state index in [2.05, 4.69) is 0 Å². The molecular formula is C16H21ClN2O3. The Kier molecular flexibility index (Phi) is 4.74. The molecule has 1 atom stereocenters. The van der Waals surface area contributed by atoms with Crippen LogP contribution in [0.1, 0.15) is 29.6 Å². The van der Waals surface area contributed by atoms with Gasteiger partial charge in [0, 0.05) is 25.1 Å². The van der Waals surface area contributed by atoms with Crippen LogP contribution in [0.25, 0.3) is 0 Å². The summed E-state index contributed by atoms with van der Waals surface area (Å²) in [6, 6.07) is 3.41. The number of likely N-dealkylation sites (tertiary alicyclic amines) is 1. The van der Waals surface area contributed by atoms with E-state index in [9.17, 15) is 4.79 Å². The standard InChI is InChI=1S/C16H21ClN2O3/c17-13-7-12(8-14-15(13)22-6-2-5-21-14)16(20)19-4-1-3-11(9-18)10-19/h7-8,11H,1-6,9-10,18H2. The molecule has 0 aromatic heterocycles. The number of hydrogen-bond donors (Lipinski definition) is 1. The summed E-state index contributed by atoms with van der Waals surface area (Å²) < 4.78 is 11.2. The van der Waals surface area contributed by atoms with Crippen LogP contribution in [-0.4, -0.2) is 43.7 Å².